The number of nitro benzene ring substituents is 1. The van der Waals surface area contributed by atoms with Crippen molar-refractivity contribution in [1.82, 2.24) is 9.99 Å². The molecule has 1 amide bonds. The lowest BCUT2D eigenvalue weighted by molar-refractivity contribution is -0.384. The third kappa shape index (κ3) is 5.04. The Labute approximate surface area is 188 Å². The normalized spacial score (nSPS) is 10.7. The van der Waals surface area contributed by atoms with Crippen LogP contribution in [0.1, 0.15) is 24.0 Å². The number of carbonyl (C=O) groups is 1. The van der Waals surface area contributed by atoms with E-state index < -0.39 is 10.7 Å². The van der Waals surface area contributed by atoms with Gasteiger partial charge in [-0.2, -0.15) is 5.10 Å². The third-order valence-electron chi connectivity index (χ3n) is 5.04. The van der Waals surface area contributed by atoms with Gasteiger partial charge in [-0.25, -0.2) is 10.2 Å². The van der Waals surface area contributed by atoms with Gasteiger partial charge in [-0.3, -0.25) is 19.5 Å². The van der Waals surface area contributed by atoms with Crippen molar-refractivity contribution in [2.75, 3.05) is 0 Å². The molecule has 9 nitrogen and oxygen atoms in total. The standard InChI is InChI=1S/C24H20N4O5/c29-22(25-26-23(17-8-3-1-4-9-17)18-10-5-2-6-11-18)12-7-15-27-20-14-13-19(28(31)32)16-21(20)33-24(27)30/h1-6,8-11,13-14,16H,7,12,15H2,(H,25,29). The number of hydrogen-bond acceptors (Lipinski definition) is 6. The van der Waals surface area contributed by atoms with Crippen molar-refractivity contribution in [2.24, 2.45) is 5.10 Å². The first kappa shape index (κ1) is 21.7. The maximum Gasteiger partial charge on any atom is 0.419 e. The Balaban J connectivity index is 1.43. The summed E-state index contributed by atoms with van der Waals surface area (Å²) in [6, 6.07) is 23.1. The molecule has 1 N–H and O–H groups in total. The zero-order chi connectivity index (χ0) is 23.2. The fourth-order valence-corrected chi connectivity index (χ4v) is 3.44. The summed E-state index contributed by atoms with van der Waals surface area (Å²) in [5.41, 5.74) is 5.40. The number of oxazole rings is 1. The van der Waals surface area contributed by atoms with Crippen molar-refractivity contribution in [2.45, 2.75) is 19.4 Å². The van der Waals surface area contributed by atoms with Crippen molar-refractivity contribution >= 4 is 28.4 Å². The van der Waals surface area contributed by atoms with Crippen LogP contribution < -0.4 is 11.2 Å². The highest BCUT2D eigenvalue weighted by Crippen LogP contribution is 2.20. The monoisotopic (exact) mass is 444 g/mol. The van der Waals surface area contributed by atoms with Crippen LogP contribution in [0.4, 0.5) is 5.69 Å². The topological polar surface area (TPSA) is 120 Å². The Morgan fingerprint density at radius 1 is 1.00 bits per heavy atom. The minimum absolute atomic E-state index is 0.131. The van der Waals surface area contributed by atoms with Crippen LogP contribution in [0.2, 0.25) is 0 Å². The average Bonchev–Trinajstić information content (AvgIpc) is 3.15. The van der Waals surface area contributed by atoms with E-state index in [9.17, 15) is 19.7 Å². The number of nitrogens with one attached hydrogen (secondary N) is 1. The molecule has 9 heteroatoms. The Kier molecular flexibility index (Phi) is 6.40. The van der Waals surface area contributed by atoms with E-state index in [2.05, 4.69) is 10.5 Å². The summed E-state index contributed by atoms with van der Waals surface area (Å²) in [5.74, 6) is -0.921. The van der Waals surface area contributed by atoms with Gasteiger partial charge in [0, 0.05) is 30.2 Å². The van der Waals surface area contributed by atoms with E-state index in [1.54, 1.807) is 0 Å². The largest absolute Gasteiger partial charge is 0.419 e. The molecule has 0 aliphatic heterocycles. The van der Waals surface area contributed by atoms with Crippen molar-refractivity contribution in [1.29, 1.82) is 0 Å². The summed E-state index contributed by atoms with van der Waals surface area (Å²) in [5, 5.41) is 15.2. The summed E-state index contributed by atoms with van der Waals surface area (Å²) < 4.78 is 6.46. The highest BCUT2D eigenvalue weighted by molar-refractivity contribution is 6.13. The summed E-state index contributed by atoms with van der Waals surface area (Å²) >= 11 is 0. The van der Waals surface area contributed by atoms with Gasteiger partial charge in [-0.1, -0.05) is 60.7 Å². The number of benzene rings is 3. The Morgan fingerprint density at radius 3 is 2.24 bits per heavy atom. The molecule has 166 valence electrons. The molecule has 33 heavy (non-hydrogen) atoms. The highest BCUT2D eigenvalue weighted by Gasteiger charge is 2.14. The molecule has 0 radical (unpaired) electrons. The van der Waals surface area contributed by atoms with Crippen LogP contribution >= 0.6 is 0 Å². The molecule has 0 spiro atoms. The number of nitro groups is 1. The van der Waals surface area contributed by atoms with Gasteiger partial charge in [0.05, 0.1) is 22.2 Å². The number of aromatic nitrogens is 1. The number of nitrogens with zero attached hydrogens (tertiary/aromatic N) is 3. The molecule has 0 aliphatic rings. The molecule has 4 aromatic rings. The minimum atomic E-state index is -0.626. The van der Waals surface area contributed by atoms with Crippen LogP contribution in [0.15, 0.2) is 93.2 Å². The SMILES string of the molecule is O=C(CCCn1c(=O)oc2cc([N+](=O)[O-])ccc21)NN=C(c1ccccc1)c1ccccc1. The quantitative estimate of drug-likeness (QED) is 0.251. The lowest BCUT2D eigenvalue weighted by Gasteiger charge is -2.08. The van der Waals surface area contributed by atoms with Crippen molar-refractivity contribution < 1.29 is 14.1 Å². The Morgan fingerprint density at radius 2 is 1.64 bits per heavy atom. The number of rotatable bonds is 8. The number of amides is 1. The lowest BCUT2D eigenvalue weighted by Crippen LogP contribution is -2.21. The lowest BCUT2D eigenvalue weighted by atomic mass is 10.0. The first-order valence-corrected chi connectivity index (χ1v) is 10.3. The van der Waals surface area contributed by atoms with Crippen LogP contribution in [-0.2, 0) is 11.3 Å². The molecule has 0 bridgehead atoms. The zero-order valence-corrected chi connectivity index (χ0v) is 17.5. The molecule has 3 aromatic carbocycles. The van der Waals surface area contributed by atoms with E-state index in [1.807, 2.05) is 60.7 Å². The molecule has 0 atom stereocenters. The molecule has 4 rings (SSSR count). The first-order chi connectivity index (χ1) is 16.0. The third-order valence-corrected chi connectivity index (χ3v) is 5.04. The molecule has 0 fully saturated rings. The molecule has 0 aliphatic carbocycles. The predicted molar refractivity (Wildman–Crippen MR) is 123 cm³/mol. The highest BCUT2D eigenvalue weighted by atomic mass is 16.6. The van der Waals surface area contributed by atoms with Gasteiger partial charge in [-0.05, 0) is 12.5 Å². The first-order valence-electron chi connectivity index (χ1n) is 10.3. The van der Waals surface area contributed by atoms with Gasteiger partial charge < -0.3 is 4.42 Å². The van der Waals surface area contributed by atoms with Gasteiger partial charge in [0.25, 0.3) is 5.69 Å². The summed E-state index contributed by atoms with van der Waals surface area (Å²) in [6.45, 7) is 0.227. The van der Waals surface area contributed by atoms with Gasteiger partial charge in [0.1, 0.15) is 0 Å². The van der Waals surface area contributed by atoms with E-state index in [0.29, 0.717) is 17.6 Å². The summed E-state index contributed by atoms with van der Waals surface area (Å²) in [7, 11) is 0. The Hall–Kier alpha value is -4.53. The number of carbonyl (C=O) groups excluding carboxylic acids is 1. The molecule has 1 heterocycles. The van der Waals surface area contributed by atoms with Gasteiger partial charge in [0.15, 0.2) is 5.58 Å². The Bertz CT molecular complexity index is 1330. The maximum absolute atomic E-state index is 12.4. The van der Waals surface area contributed by atoms with Crippen LogP contribution in [-0.4, -0.2) is 21.1 Å². The smallest absolute Gasteiger partial charge is 0.407 e. The number of hydrazone groups is 1. The fourth-order valence-electron chi connectivity index (χ4n) is 3.44. The van der Waals surface area contributed by atoms with Crippen molar-refractivity contribution in [3.05, 3.63) is 111 Å². The molecule has 0 saturated carbocycles. The molecular weight excluding hydrogens is 424 g/mol. The van der Waals surface area contributed by atoms with Gasteiger partial charge in [-0.15, -0.1) is 0 Å². The van der Waals surface area contributed by atoms with Crippen LogP contribution in [0.5, 0.6) is 0 Å². The van der Waals surface area contributed by atoms with Crippen LogP contribution in [0, 0.1) is 10.1 Å². The second kappa shape index (κ2) is 9.73. The number of fused-ring (bicyclic) bond motifs is 1. The van der Waals surface area contributed by atoms with E-state index >= 15 is 0 Å². The number of aryl methyl sites for hydroxylation is 1. The maximum atomic E-state index is 12.4. The zero-order valence-electron chi connectivity index (χ0n) is 17.5. The minimum Gasteiger partial charge on any atom is -0.407 e. The van der Waals surface area contributed by atoms with E-state index in [4.69, 9.17) is 4.42 Å². The van der Waals surface area contributed by atoms with Gasteiger partial charge in [0.2, 0.25) is 5.91 Å². The van der Waals surface area contributed by atoms with Gasteiger partial charge >= 0.3 is 5.76 Å². The summed E-state index contributed by atoms with van der Waals surface area (Å²) in [4.78, 5) is 34.9. The van der Waals surface area contributed by atoms with E-state index in [-0.39, 0.29) is 30.1 Å². The molecule has 0 unspecified atom stereocenters. The van der Waals surface area contributed by atoms with Crippen molar-refractivity contribution in [3.8, 4) is 0 Å². The number of non-ortho nitro benzene ring substituents is 1. The fraction of sp³-hybridized carbons (Fsp3) is 0.125. The van der Waals surface area contributed by atoms with Crippen molar-refractivity contribution in [3.63, 3.8) is 0 Å². The molecule has 1 aromatic heterocycles. The van der Waals surface area contributed by atoms with Crippen LogP contribution in [0.3, 0.4) is 0 Å². The number of hydrogen-bond donors (Lipinski definition) is 1. The second-order valence-corrected chi connectivity index (χ2v) is 7.26. The average molecular weight is 444 g/mol. The van der Waals surface area contributed by atoms with Crippen LogP contribution in [0.25, 0.3) is 11.1 Å². The predicted octanol–water partition coefficient (Wildman–Crippen LogP) is 3.85. The summed E-state index contributed by atoms with van der Waals surface area (Å²) in [6.07, 6.45) is 0.491. The molecule has 0 saturated heterocycles. The van der Waals surface area contributed by atoms with E-state index in [1.165, 1.54) is 22.8 Å². The molecular formula is C24H20N4O5. The van der Waals surface area contributed by atoms with E-state index in [0.717, 1.165) is 11.1 Å². The second-order valence-electron chi connectivity index (χ2n) is 7.26.